The third kappa shape index (κ3) is 6.04. The lowest BCUT2D eigenvalue weighted by Gasteiger charge is -2.34. The van der Waals surface area contributed by atoms with Crippen LogP contribution in [0.1, 0.15) is 41.7 Å². The zero-order chi connectivity index (χ0) is 25.7. The van der Waals surface area contributed by atoms with Gasteiger partial charge in [0.05, 0.1) is 16.3 Å². The van der Waals surface area contributed by atoms with Gasteiger partial charge in [-0.1, -0.05) is 35.4 Å². The standard InChI is InChI=1S/C29H38N2O2S2/c1-8-30(17-22-14-19(3)10-12-24(22)32)27-21(5)16-26(34-6)28(29(27)35-7)31(9-2)18-23-15-20(4)11-13-25(23)33/h10-16,32-33H,8-9,17-18H2,1-7H3. The Kier molecular flexibility index (Phi) is 9.31. The largest absolute Gasteiger partial charge is 0.508 e. The Labute approximate surface area is 219 Å². The van der Waals surface area contributed by atoms with Crippen molar-refractivity contribution in [2.24, 2.45) is 0 Å². The number of thioether (sulfide) groups is 2. The second-order valence-corrected chi connectivity index (χ2v) is 10.6. The number of nitrogens with zero attached hydrogens (tertiary/aromatic N) is 2. The number of benzene rings is 3. The predicted molar refractivity (Wildman–Crippen MR) is 154 cm³/mol. The van der Waals surface area contributed by atoms with E-state index in [1.165, 1.54) is 26.7 Å². The quantitative estimate of drug-likeness (QED) is 0.275. The third-order valence-electron chi connectivity index (χ3n) is 6.40. The van der Waals surface area contributed by atoms with Crippen LogP contribution in [0.3, 0.4) is 0 Å². The first-order valence-corrected chi connectivity index (χ1v) is 14.5. The predicted octanol–water partition coefficient (Wildman–Crippen LogP) is 7.52. The average Bonchev–Trinajstić information content (AvgIpc) is 2.84. The maximum Gasteiger partial charge on any atom is 0.120 e. The van der Waals surface area contributed by atoms with Gasteiger partial charge in [-0.2, -0.15) is 0 Å². The molecule has 3 rings (SSSR count). The number of phenols is 2. The molecule has 188 valence electrons. The number of anilines is 2. The Morgan fingerprint density at radius 3 is 1.60 bits per heavy atom. The van der Waals surface area contributed by atoms with Crippen LogP contribution in [0.15, 0.2) is 52.3 Å². The summed E-state index contributed by atoms with van der Waals surface area (Å²) in [5.74, 6) is 0.673. The number of hydrogen-bond donors (Lipinski definition) is 2. The molecule has 0 amide bonds. The Bertz CT molecular complexity index is 1180. The molecule has 0 fully saturated rings. The molecule has 3 aromatic rings. The van der Waals surface area contributed by atoms with Gasteiger partial charge in [0, 0.05) is 42.2 Å². The molecule has 0 aromatic heterocycles. The van der Waals surface area contributed by atoms with Crippen LogP contribution in [0.5, 0.6) is 11.5 Å². The van der Waals surface area contributed by atoms with E-state index in [2.05, 4.69) is 75.1 Å². The fourth-order valence-corrected chi connectivity index (χ4v) is 6.27. The Balaban J connectivity index is 2.14. The summed E-state index contributed by atoms with van der Waals surface area (Å²) in [6.45, 7) is 13.6. The Hall–Kier alpha value is -2.44. The van der Waals surface area contributed by atoms with Crippen molar-refractivity contribution in [1.82, 2.24) is 0 Å². The lowest BCUT2D eigenvalue weighted by atomic mass is 10.1. The van der Waals surface area contributed by atoms with Crippen molar-refractivity contribution in [1.29, 1.82) is 0 Å². The van der Waals surface area contributed by atoms with E-state index in [4.69, 9.17) is 0 Å². The van der Waals surface area contributed by atoms with E-state index >= 15 is 0 Å². The number of aromatic hydroxyl groups is 2. The van der Waals surface area contributed by atoms with Crippen LogP contribution in [0.2, 0.25) is 0 Å². The average molecular weight is 511 g/mol. The van der Waals surface area contributed by atoms with Crippen LogP contribution >= 0.6 is 23.5 Å². The van der Waals surface area contributed by atoms with Crippen molar-refractivity contribution in [2.45, 2.75) is 57.5 Å². The zero-order valence-corrected chi connectivity index (χ0v) is 23.6. The minimum absolute atomic E-state index is 0.336. The molecule has 35 heavy (non-hydrogen) atoms. The van der Waals surface area contributed by atoms with Gasteiger partial charge in [0.1, 0.15) is 11.5 Å². The molecule has 0 heterocycles. The molecule has 0 spiro atoms. The highest BCUT2D eigenvalue weighted by Gasteiger charge is 2.24. The minimum atomic E-state index is 0.336. The smallest absolute Gasteiger partial charge is 0.120 e. The molecular weight excluding hydrogens is 472 g/mol. The maximum absolute atomic E-state index is 10.5. The highest BCUT2D eigenvalue weighted by molar-refractivity contribution is 7.99. The zero-order valence-electron chi connectivity index (χ0n) is 22.0. The first-order chi connectivity index (χ1) is 16.7. The fraction of sp³-hybridized carbons (Fsp3) is 0.379. The van der Waals surface area contributed by atoms with Gasteiger partial charge in [-0.15, -0.1) is 23.5 Å². The van der Waals surface area contributed by atoms with Crippen LogP contribution < -0.4 is 9.80 Å². The molecular formula is C29H38N2O2S2. The summed E-state index contributed by atoms with van der Waals surface area (Å²) in [7, 11) is 0. The lowest BCUT2D eigenvalue weighted by Crippen LogP contribution is -2.27. The van der Waals surface area contributed by atoms with Gasteiger partial charge < -0.3 is 20.0 Å². The van der Waals surface area contributed by atoms with Gasteiger partial charge in [-0.05, 0) is 70.9 Å². The first-order valence-electron chi connectivity index (χ1n) is 12.1. The molecule has 0 atom stereocenters. The summed E-state index contributed by atoms with van der Waals surface area (Å²) in [4.78, 5) is 7.20. The van der Waals surface area contributed by atoms with Crippen molar-refractivity contribution in [3.05, 3.63) is 70.3 Å². The highest BCUT2D eigenvalue weighted by atomic mass is 32.2. The van der Waals surface area contributed by atoms with Crippen LogP contribution in [0.25, 0.3) is 0 Å². The van der Waals surface area contributed by atoms with Gasteiger partial charge in [0.2, 0.25) is 0 Å². The van der Waals surface area contributed by atoms with E-state index in [1.807, 2.05) is 12.1 Å². The molecule has 2 N–H and O–H groups in total. The molecule has 0 bridgehead atoms. The third-order valence-corrected chi connectivity index (χ3v) is 7.94. The maximum atomic E-state index is 10.5. The van der Waals surface area contributed by atoms with Crippen molar-refractivity contribution in [3.8, 4) is 11.5 Å². The lowest BCUT2D eigenvalue weighted by molar-refractivity contribution is 0.466. The molecule has 0 aliphatic rings. The normalized spacial score (nSPS) is 11.1. The second-order valence-electron chi connectivity index (χ2n) is 8.92. The molecule has 6 heteroatoms. The monoisotopic (exact) mass is 510 g/mol. The van der Waals surface area contributed by atoms with Crippen molar-refractivity contribution in [2.75, 3.05) is 35.4 Å². The van der Waals surface area contributed by atoms with Crippen LogP contribution in [0.4, 0.5) is 11.4 Å². The SMILES string of the molecule is CCN(Cc1cc(C)ccc1O)c1c(C)cc(SC)c(N(CC)Cc2cc(C)ccc2O)c1SC. The van der Waals surface area contributed by atoms with E-state index in [0.29, 0.717) is 24.6 Å². The number of hydrogen-bond acceptors (Lipinski definition) is 6. The number of rotatable bonds is 10. The van der Waals surface area contributed by atoms with E-state index in [9.17, 15) is 10.2 Å². The topological polar surface area (TPSA) is 46.9 Å². The summed E-state index contributed by atoms with van der Waals surface area (Å²) >= 11 is 3.53. The molecule has 0 aliphatic carbocycles. The van der Waals surface area contributed by atoms with E-state index in [-0.39, 0.29) is 0 Å². The number of aryl methyl sites for hydroxylation is 3. The summed E-state index contributed by atoms with van der Waals surface area (Å²) in [5, 5.41) is 21.1. The molecule has 0 saturated heterocycles. The van der Waals surface area contributed by atoms with Gasteiger partial charge in [0.15, 0.2) is 0 Å². The summed E-state index contributed by atoms with van der Waals surface area (Å²) < 4.78 is 0. The second kappa shape index (κ2) is 12.0. The highest BCUT2D eigenvalue weighted by Crippen LogP contribution is 2.46. The first kappa shape index (κ1) is 27.2. The summed E-state index contributed by atoms with van der Waals surface area (Å²) in [5.41, 5.74) is 7.80. The minimum Gasteiger partial charge on any atom is -0.508 e. The molecule has 3 aromatic carbocycles. The summed E-state index contributed by atoms with van der Waals surface area (Å²) in [6.07, 6.45) is 4.27. The Morgan fingerprint density at radius 2 is 1.17 bits per heavy atom. The molecule has 0 unspecified atom stereocenters. The summed E-state index contributed by atoms with van der Waals surface area (Å²) in [6, 6.07) is 13.9. The number of phenolic OH excluding ortho intramolecular Hbond substituents is 2. The molecule has 4 nitrogen and oxygen atoms in total. The van der Waals surface area contributed by atoms with Crippen LogP contribution in [0, 0.1) is 20.8 Å². The van der Waals surface area contributed by atoms with Gasteiger partial charge in [-0.3, -0.25) is 0 Å². The Morgan fingerprint density at radius 1 is 0.686 bits per heavy atom. The van der Waals surface area contributed by atoms with Crippen LogP contribution in [-0.2, 0) is 13.1 Å². The molecule has 0 saturated carbocycles. The van der Waals surface area contributed by atoms with E-state index in [1.54, 1.807) is 35.7 Å². The molecule has 0 aliphatic heterocycles. The van der Waals surface area contributed by atoms with Crippen molar-refractivity contribution < 1.29 is 10.2 Å². The fourth-order valence-electron chi connectivity index (χ4n) is 4.57. The van der Waals surface area contributed by atoms with Crippen molar-refractivity contribution >= 4 is 34.9 Å². The van der Waals surface area contributed by atoms with E-state index < -0.39 is 0 Å². The van der Waals surface area contributed by atoms with E-state index in [0.717, 1.165) is 35.3 Å². The van der Waals surface area contributed by atoms with Crippen molar-refractivity contribution in [3.63, 3.8) is 0 Å². The van der Waals surface area contributed by atoms with Gasteiger partial charge in [-0.25, -0.2) is 0 Å². The molecule has 0 radical (unpaired) electrons. The van der Waals surface area contributed by atoms with Gasteiger partial charge in [0.25, 0.3) is 0 Å². The van der Waals surface area contributed by atoms with Crippen LogP contribution in [-0.4, -0.2) is 35.8 Å². The van der Waals surface area contributed by atoms with Gasteiger partial charge >= 0.3 is 0 Å².